The van der Waals surface area contributed by atoms with Gasteiger partial charge in [-0.05, 0) is 0 Å². The van der Waals surface area contributed by atoms with Crippen LogP contribution in [0.4, 0.5) is 0 Å². The summed E-state index contributed by atoms with van der Waals surface area (Å²) in [5.74, 6) is 0.465. The highest BCUT2D eigenvalue weighted by Gasteiger charge is 2.18. The predicted octanol–water partition coefficient (Wildman–Crippen LogP) is 0.495. The molecule has 0 bridgehead atoms. The maximum Gasteiger partial charge on any atom is 0.332 e. The second kappa shape index (κ2) is 5.78. The lowest BCUT2D eigenvalue weighted by molar-refractivity contribution is 0.707. The number of rotatable bonds is 2. The molecular formula is C11H13ClN6O2S2. The molecule has 3 N–H and O–H groups in total. The fraction of sp³-hybridized carbons (Fsp3) is 0.273. The van der Waals surface area contributed by atoms with E-state index in [0.29, 0.717) is 21.9 Å². The summed E-state index contributed by atoms with van der Waals surface area (Å²) in [6, 6.07) is 0. The SMILES string of the molecule is Cl.Cn1c(=O)c2c(nc3scc(CSC(=N)N)n32)n(C)c1=O. The molecule has 0 saturated carbocycles. The minimum absolute atomic E-state index is 0. The maximum absolute atomic E-state index is 12.4. The molecule has 118 valence electrons. The summed E-state index contributed by atoms with van der Waals surface area (Å²) in [4.78, 5) is 29.3. The van der Waals surface area contributed by atoms with Crippen molar-refractivity contribution in [3.8, 4) is 0 Å². The molecule has 0 saturated heterocycles. The summed E-state index contributed by atoms with van der Waals surface area (Å²) < 4.78 is 4.16. The maximum atomic E-state index is 12.4. The fourth-order valence-electron chi connectivity index (χ4n) is 2.14. The molecule has 11 heteroatoms. The molecule has 3 rings (SSSR count). The summed E-state index contributed by atoms with van der Waals surface area (Å²) in [5.41, 5.74) is 6.13. The molecule has 0 spiro atoms. The van der Waals surface area contributed by atoms with Crippen LogP contribution in [0, 0.1) is 5.41 Å². The van der Waals surface area contributed by atoms with E-state index in [-0.39, 0.29) is 23.1 Å². The normalized spacial score (nSPS) is 11.0. The van der Waals surface area contributed by atoms with Crippen molar-refractivity contribution in [2.45, 2.75) is 5.75 Å². The number of nitrogens with zero attached hydrogens (tertiary/aromatic N) is 4. The van der Waals surface area contributed by atoms with E-state index in [4.69, 9.17) is 11.1 Å². The summed E-state index contributed by atoms with van der Waals surface area (Å²) in [6.07, 6.45) is 0. The van der Waals surface area contributed by atoms with E-state index in [1.807, 2.05) is 5.38 Å². The van der Waals surface area contributed by atoms with Crippen LogP contribution in [-0.4, -0.2) is 23.7 Å². The quantitative estimate of drug-likeness (QED) is 0.510. The number of hydrogen-bond donors (Lipinski definition) is 2. The Morgan fingerprint density at radius 1 is 1.41 bits per heavy atom. The van der Waals surface area contributed by atoms with Crippen molar-refractivity contribution < 1.29 is 0 Å². The Hall–Kier alpha value is -1.78. The van der Waals surface area contributed by atoms with Gasteiger partial charge in [0.25, 0.3) is 5.56 Å². The Balaban J connectivity index is 0.00000176. The molecule has 3 heterocycles. The Labute approximate surface area is 138 Å². The van der Waals surface area contributed by atoms with Crippen LogP contribution in [0.25, 0.3) is 16.1 Å². The topological polar surface area (TPSA) is 111 Å². The van der Waals surface area contributed by atoms with E-state index in [1.165, 1.54) is 34.7 Å². The van der Waals surface area contributed by atoms with Crippen LogP contribution in [0.1, 0.15) is 5.69 Å². The first-order chi connectivity index (χ1) is 9.91. The van der Waals surface area contributed by atoms with Crippen molar-refractivity contribution in [2.24, 2.45) is 19.8 Å². The number of thiazole rings is 1. The van der Waals surface area contributed by atoms with Gasteiger partial charge in [0.2, 0.25) is 0 Å². The zero-order valence-electron chi connectivity index (χ0n) is 11.7. The number of aromatic nitrogens is 4. The number of imidazole rings is 1. The molecule has 0 fully saturated rings. The largest absolute Gasteiger partial charge is 0.379 e. The van der Waals surface area contributed by atoms with Gasteiger partial charge in [-0.15, -0.1) is 23.7 Å². The van der Waals surface area contributed by atoms with Gasteiger partial charge in [0.05, 0.1) is 0 Å². The molecule has 22 heavy (non-hydrogen) atoms. The molecule has 0 unspecified atom stereocenters. The highest BCUT2D eigenvalue weighted by Crippen LogP contribution is 2.23. The van der Waals surface area contributed by atoms with Crippen LogP contribution in [0.3, 0.4) is 0 Å². The lowest BCUT2D eigenvalue weighted by Gasteiger charge is -2.04. The first kappa shape index (κ1) is 16.6. The molecule has 3 aromatic rings. The van der Waals surface area contributed by atoms with Crippen molar-refractivity contribution in [3.63, 3.8) is 0 Å². The van der Waals surface area contributed by atoms with Crippen LogP contribution in [-0.2, 0) is 19.8 Å². The van der Waals surface area contributed by atoms with Crippen LogP contribution >= 0.6 is 35.5 Å². The molecule has 0 aliphatic carbocycles. The Morgan fingerprint density at radius 3 is 2.73 bits per heavy atom. The Morgan fingerprint density at radius 2 is 2.09 bits per heavy atom. The summed E-state index contributed by atoms with van der Waals surface area (Å²) >= 11 is 2.56. The monoisotopic (exact) mass is 360 g/mol. The van der Waals surface area contributed by atoms with Crippen molar-refractivity contribution in [1.82, 2.24) is 18.5 Å². The van der Waals surface area contributed by atoms with Crippen LogP contribution in [0.2, 0.25) is 0 Å². The lowest BCUT2D eigenvalue weighted by atomic mass is 10.5. The minimum atomic E-state index is -0.405. The van der Waals surface area contributed by atoms with Gasteiger partial charge in [0.1, 0.15) is 0 Å². The van der Waals surface area contributed by atoms with E-state index in [2.05, 4.69) is 4.98 Å². The molecule has 0 aliphatic rings. The molecule has 0 amide bonds. The highest BCUT2D eigenvalue weighted by molar-refractivity contribution is 8.13. The molecule has 0 atom stereocenters. The van der Waals surface area contributed by atoms with Gasteiger partial charge < -0.3 is 5.73 Å². The van der Waals surface area contributed by atoms with Gasteiger partial charge in [-0.25, -0.2) is 9.78 Å². The third-order valence-corrected chi connectivity index (χ3v) is 4.82. The minimum Gasteiger partial charge on any atom is -0.379 e. The van der Waals surface area contributed by atoms with Gasteiger partial charge >= 0.3 is 5.69 Å². The number of halogens is 1. The number of nitrogens with one attached hydrogen (secondary N) is 1. The zero-order chi connectivity index (χ0) is 15.3. The van der Waals surface area contributed by atoms with Gasteiger partial charge in [0.15, 0.2) is 21.3 Å². The standard InChI is InChI=1S/C11H12N6O2S2.ClH/c1-15-7-6(8(18)16(2)11(15)19)17-5(3-20-9(12)13)4-21-10(17)14-7;/h4H,3H2,1-2H3,(H3,12,13);1H. The highest BCUT2D eigenvalue weighted by atomic mass is 35.5. The Kier molecular flexibility index (Phi) is 4.36. The Bertz CT molecular complexity index is 998. The fourth-order valence-corrected chi connectivity index (χ4v) is 3.65. The van der Waals surface area contributed by atoms with Crippen molar-refractivity contribution in [1.29, 1.82) is 5.41 Å². The third kappa shape index (κ3) is 2.32. The number of aryl methyl sites for hydroxylation is 1. The second-order valence-electron chi connectivity index (χ2n) is 4.49. The summed E-state index contributed by atoms with van der Waals surface area (Å²) in [7, 11) is 3.03. The summed E-state index contributed by atoms with van der Waals surface area (Å²) in [6.45, 7) is 0. The summed E-state index contributed by atoms with van der Waals surface area (Å²) in [5, 5.41) is 9.17. The number of amidine groups is 1. The average Bonchev–Trinajstić information content (AvgIpc) is 2.99. The smallest absolute Gasteiger partial charge is 0.332 e. The third-order valence-electron chi connectivity index (χ3n) is 3.19. The molecule has 3 aromatic heterocycles. The van der Waals surface area contributed by atoms with E-state index in [9.17, 15) is 9.59 Å². The van der Waals surface area contributed by atoms with E-state index in [1.54, 1.807) is 11.4 Å². The van der Waals surface area contributed by atoms with Crippen molar-refractivity contribution in [3.05, 3.63) is 31.9 Å². The van der Waals surface area contributed by atoms with Crippen molar-refractivity contribution in [2.75, 3.05) is 0 Å². The number of hydrogen-bond acceptors (Lipinski definition) is 6. The van der Waals surface area contributed by atoms with Crippen LogP contribution in [0.15, 0.2) is 15.0 Å². The van der Waals surface area contributed by atoms with Gasteiger partial charge in [0, 0.05) is 30.9 Å². The van der Waals surface area contributed by atoms with E-state index >= 15 is 0 Å². The van der Waals surface area contributed by atoms with Crippen LogP contribution < -0.4 is 17.0 Å². The predicted molar refractivity (Wildman–Crippen MR) is 91.5 cm³/mol. The van der Waals surface area contributed by atoms with E-state index in [0.717, 1.165) is 10.3 Å². The molecular weight excluding hydrogens is 348 g/mol. The van der Waals surface area contributed by atoms with Crippen molar-refractivity contribution >= 4 is 56.8 Å². The molecule has 0 aromatic carbocycles. The van der Waals surface area contributed by atoms with Gasteiger partial charge in [-0.2, -0.15) is 0 Å². The van der Waals surface area contributed by atoms with Gasteiger partial charge in [-0.3, -0.25) is 23.7 Å². The lowest BCUT2D eigenvalue weighted by Crippen LogP contribution is -2.37. The number of nitrogens with two attached hydrogens (primary N) is 1. The van der Waals surface area contributed by atoms with Gasteiger partial charge in [-0.1, -0.05) is 11.8 Å². The first-order valence-corrected chi connectivity index (χ1v) is 7.79. The number of fused-ring (bicyclic) bond motifs is 3. The molecule has 0 radical (unpaired) electrons. The first-order valence-electron chi connectivity index (χ1n) is 5.93. The zero-order valence-corrected chi connectivity index (χ0v) is 14.1. The molecule has 0 aliphatic heterocycles. The number of thioether (sulfide) groups is 1. The van der Waals surface area contributed by atoms with E-state index < -0.39 is 5.69 Å². The average molecular weight is 361 g/mol. The second-order valence-corrected chi connectivity index (χ2v) is 6.34. The molecule has 8 nitrogen and oxygen atoms in total. The van der Waals surface area contributed by atoms with Crippen LogP contribution in [0.5, 0.6) is 0 Å².